The van der Waals surface area contributed by atoms with Gasteiger partial charge in [0.2, 0.25) is 5.78 Å². The van der Waals surface area contributed by atoms with Crippen LogP contribution in [0.1, 0.15) is 65.4 Å². The second kappa shape index (κ2) is 8.84. The van der Waals surface area contributed by atoms with E-state index >= 15 is 0 Å². The van der Waals surface area contributed by atoms with E-state index in [0.29, 0.717) is 36.1 Å². The summed E-state index contributed by atoms with van der Waals surface area (Å²) in [4.78, 5) is 25.9. The molecule has 4 rings (SSSR count). The molecule has 1 saturated carbocycles. The highest BCUT2D eigenvalue weighted by Crippen LogP contribution is 2.62. The van der Waals surface area contributed by atoms with Gasteiger partial charge < -0.3 is 5.32 Å². The zero-order valence-electron chi connectivity index (χ0n) is 20.0. The van der Waals surface area contributed by atoms with Crippen LogP contribution in [0, 0.1) is 22.7 Å². The number of ketones is 2. The van der Waals surface area contributed by atoms with Crippen LogP contribution >= 0.6 is 0 Å². The van der Waals surface area contributed by atoms with E-state index in [1.807, 2.05) is 18.2 Å². The molecule has 0 heterocycles. The molecule has 0 saturated heterocycles. The minimum atomic E-state index is -0.0674. The van der Waals surface area contributed by atoms with E-state index in [2.05, 4.69) is 51.2 Å². The summed E-state index contributed by atoms with van der Waals surface area (Å²) in [6, 6.07) is 10.2. The van der Waals surface area contributed by atoms with Gasteiger partial charge in [0, 0.05) is 18.2 Å². The molecule has 3 nitrogen and oxygen atoms in total. The van der Waals surface area contributed by atoms with Crippen molar-refractivity contribution in [2.24, 2.45) is 22.7 Å². The zero-order valence-corrected chi connectivity index (χ0v) is 20.0. The molecule has 0 radical (unpaired) electrons. The van der Waals surface area contributed by atoms with E-state index in [4.69, 9.17) is 0 Å². The normalized spacial score (nSPS) is 32.6. The summed E-state index contributed by atoms with van der Waals surface area (Å²) >= 11 is 0. The number of hydrogen-bond acceptors (Lipinski definition) is 3. The Kier molecular flexibility index (Phi) is 6.29. The van der Waals surface area contributed by atoms with Crippen molar-refractivity contribution in [1.29, 1.82) is 0 Å². The molecule has 3 heteroatoms. The summed E-state index contributed by atoms with van der Waals surface area (Å²) < 4.78 is 0. The number of fused-ring (bicyclic) bond motifs is 1. The van der Waals surface area contributed by atoms with Crippen LogP contribution in [0.2, 0.25) is 0 Å². The Morgan fingerprint density at radius 3 is 2.53 bits per heavy atom. The average Bonchev–Trinajstić information content (AvgIpc) is 2.77. The van der Waals surface area contributed by atoms with E-state index in [1.165, 1.54) is 36.5 Å². The van der Waals surface area contributed by atoms with Crippen molar-refractivity contribution < 1.29 is 9.59 Å². The fourth-order valence-electron chi connectivity index (χ4n) is 6.48. The zero-order chi connectivity index (χ0) is 22.9. The number of carbonyl (C=O) groups is 2. The quantitative estimate of drug-likeness (QED) is 0.446. The molecule has 0 spiro atoms. The molecule has 0 aliphatic heterocycles. The number of hydrogen-bond donors (Lipinski definition) is 1. The maximum Gasteiger partial charge on any atom is 0.202 e. The first-order chi connectivity index (χ1) is 15.2. The van der Waals surface area contributed by atoms with Crippen molar-refractivity contribution in [3.63, 3.8) is 0 Å². The topological polar surface area (TPSA) is 46.2 Å². The van der Waals surface area contributed by atoms with Crippen molar-refractivity contribution in [1.82, 2.24) is 5.32 Å². The van der Waals surface area contributed by atoms with Crippen LogP contribution in [0.15, 0.2) is 65.4 Å². The van der Waals surface area contributed by atoms with Crippen molar-refractivity contribution >= 4 is 11.6 Å². The Hall–Kier alpha value is -2.42. The first-order valence-corrected chi connectivity index (χ1v) is 12.2. The van der Waals surface area contributed by atoms with Gasteiger partial charge >= 0.3 is 0 Å². The number of nitrogens with one attached hydrogen (secondary N) is 1. The third-order valence-corrected chi connectivity index (χ3v) is 8.90. The molecule has 1 fully saturated rings. The molecule has 170 valence electrons. The summed E-state index contributed by atoms with van der Waals surface area (Å²) in [6.07, 6.45) is 11.8. The summed E-state index contributed by atoms with van der Waals surface area (Å²) in [7, 11) is 0. The second-order valence-electron chi connectivity index (χ2n) is 10.7. The lowest BCUT2D eigenvalue weighted by Gasteiger charge is -2.58. The first kappa shape index (κ1) is 22.8. The Balaban J connectivity index is 1.46. The highest BCUT2D eigenvalue weighted by Gasteiger charge is 2.53. The van der Waals surface area contributed by atoms with Gasteiger partial charge in [0.1, 0.15) is 0 Å². The molecule has 3 aliphatic rings. The largest absolute Gasteiger partial charge is 0.381 e. The molecular formula is C29H37NO2. The third kappa shape index (κ3) is 4.14. The molecule has 1 aromatic carbocycles. The highest BCUT2D eigenvalue weighted by molar-refractivity contribution is 6.19. The first-order valence-electron chi connectivity index (χ1n) is 12.2. The molecular weight excluding hydrogens is 394 g/mol. The second-order valence-corrected chi connectivity index (χ2v) is 10.7. The number of rotatable bonds is 6. The summed E-state index contributed by atoms with van der Waals surface area (Å²) in [6.45, 7) is 10.1. The van der Waals surface area contributed by atoms with Crippen LogP contribution in [-0.2, 0) is 16.0 Å². The van der Waals surface area contributed by atoms with Gasteiger partial charge in [-0.05, 0) is 79.8 Å². The molecule has 4 atom stereocenters. The number of benzene rings is 1. The molecule has 0 bridgehead atoms. The van der Waals surface area contributed by atoms with Gasteiger partial charge in [0.05, 0.1) is 5.70 Å². The molecule has 4 unspecified atom stereocenters. The Labute approximate surface area is 193 Å². The Morgan fingerprint density at radius 2 is 1.78 bits per heavy atom. The van der Waals surface area contributed by atoms with Crippen LogP contribution in [0.3, 0.4) is 0 Å². The molecule has 0 aromatic heterocycles. The lowest BCUT2D eigenvalue weighted by atomic mass is 9.46. The fourth-order valence-corrected chi connectivity index (χ4v) is 6.48. The van der Waals surface area contributed by atoms with Gasteiger partial charge in [-0.25, -0.2) is 0 Å². The third-order valence-electron chi connectivity index (χ3n) is 8.90. The molecule has 3 aliphatic carbocycles. The maximum atomic E-state index is 13.1. The lowest BCUT2D eigenvalue weighted by molar-refractivity contribution is -0.116. The minimum absolute atomic E-state index is 0.00409. The minimum Gasteiger partial charge on any atom is -0.381 e. The van der Waals surface area contributed by atoms with Crippen LogP contribution in [0.25, 0.3) is 0 Å². The van der Waals surface area contributed by atoms with Crippen LogP contribution < -0.4 is 5.32 Å². The smallest absolute Gasteiger partial charge is 0.202 e. The lowest BCUT2D eigenvalue weighted by Crippen LogP contribution is -2.50. The van der Waals surface area contributed by atoms with Gasteiger partial charge in [0.25, 0.3) is 0 Å². The summed E-state index contributed by atoms with van der Waals surface area (Å²) in [5.41, 5.74) is 4.08. The van der Waals surface area contributed by atoms with E-state index in [0.717, 1.165) is 12.8 Å². The van der Waals surface area contributed by atoms with Crippen molar-refractivity contribution in [3.8, 4) is 0 Å². The average molecular weight is 432 g/mol. The van der Waals surface area contributed by atoms with Crippen LogP contribution in [0.4, 0.5) is 0 Å². The summed E-state index contributed by atoms with van der Waals surface area (Å²) in [5, 5.41) is 3.19. The van der Waals surface area contributed by atoms with E-state index in [-0.39, 0.29) is 22.4 Å². The predicted octanol–water partition coefficient (Wildman–Crippen LogP) is 5.97. The molecule has 0 amide bonds. The SMILES string of the molecule is CC1=CCCC2C1(C)CCC(C)C2(C)CC1=CC(=O)C(NCCc2ccccc2)=CC1=O. The Morgan fingerprint density at radius 1 is 1.03 bits per heavy atom. The number of carbonyl (C=O) groups excluding carboxylic acids is 2. The van der Waals surface area contributed by atoms with Crippen molar-refractivity contribution in [3.05, 3.63) is 71.0 Å². The maximum absolute atomic E-state index is 13.1. The molecule has 1 N–H and O–H groups in total. The van der Waals surface area contributed by atoms with Crippen molar-refractivity contribution in [2.75, 3.05) is 6.54 Å². The van der Waals surface area contributed by atoms with Gasteiger partial charge in [-0.2, -0.15) is 0 Å². The fraction of sp³-hybridized carbons (Fsp3) is 0.517. The van der Waals surface area contributed by atoms with E-state index < -0.39 is 0 Å². The van der Waals surface area contributed by atoms with E-state index in [1.54, 1.807) is 6.08 Å². The standard InChI is InChI=1S/C29H37NO2/c1-20-9-8-12-27-28(20,3)15-13-21(2)29(27,4)19-23-17-26(32)24(18-25(23)31)30-16-14-22-10-6-5-7-11-22/h5-7,9-11,17-18,21,27,30H,8,12-16,19H2,1-4H3. The van der Waals surface area contributed by atoms with Gasteiger partial charge in [-0.15, -0.1) is 0 Å². The van der Waals surface area contributed by atoms with Crippen molar-refractivity contribution in [2.45, 2.75) is 66.2 Å². The summed E-state index contributed by atoms with van der Waals surface area (Å²) in [5.74, 6) is 1.00. The predicted molar refractivity (Wildman–Crippen MR) is 130 cm³/mol. The van der Waals surface area contributed by atoms with Crippen LogP contribution in [0.5, 0.6) is 0 Å². The number of allylic oxidation sites excluding steroid dienone is 5. The monoisotopic (exact) mass is 431 g/mol. The van der Waals surface area contributed by atoms with E-state index in [9.17, 15) is 9.59 Å². The van der Waals surface area contributed by atoms with Crippen LogP contribution in [-0.4, -0.2) is 18.1 Å². The molecule has 32 heavy (non-hydrogen) atoms. The van der Waals surface area contributed by atoms with Gasteiger partial charge in [0.15, 0.2) is 5.78 Å². The van der Waals surface area contributed by atoms with Gasteiger partial charge in [-0.1, -0.05) is 62.8 Å². The highest BCUT2D eigenvalue weighted by atomic mass is 16.1. The molecule has 1 aromatic rings. The Bertz CT molecular complexity index is 986. The van der Waals surface area contributed by atoms with Gasteiger partial charge in [-0.3, -0.25) is 9.59 Å².